The Morgan fingerprint density at radius 3 is 2.88 bits per heavy atom. The van der Waals surface area contributed by atoms with E-state index >= 15 is 0 Å². The van der Waals surface area contributed by atoms with Crippen molar-refractivity contribution in [2.75, 3.05) is 42.3 Å². The van der Waals surface area contributed by atoms with Crippen molar-refractivity contribution >= 4 is 29.2 Å². The zero-order valence-corrected chi connectivity index (χ0v) is 15.3. The summed E-state index contributed by atoms with van der Waals surface area (Å²) in [5.41, 5.74) is 3.12. The van der Waals surface area contributed by atoms with E-state index in [4.69, 9.17) is 4.74 Å². The molecule has 0 bridgehead atoms. The van der Waals surface area contributed by atoms with Crippen molar-refractivity contribution < 1.29 is 9.53 Å². The Hall–Kier alpha value is -2.12. The first-order valence-electron chi connectivity index (χ1n) is 8.27. The minimum absolute atomic E-state index is 0.0368. The monoisotopic (exact) mass is 358 g/mol. The summed E-state index contributed by atoms with van der Waals surface area (Å²) in [6.07, 6.45) is 1.55. The van der Waals surface area contributed by atoms with Gasteiger partial charge in [-0.3, -0.25) is 4.79 Å². The van der Waals surface area contributed by atoms with Gasteiger partial charge in [-0.05, 0) is 31.0 Å². The van der Waals surface area contributed by atoms with Crippen LogP contribution in [0.4, 0.5) is 11.5 Å². The quantitative estimate of drug-likeness (QED) is 0.655. The summed E-state index contributed by atoms with van der Waals surface area (Å²) in [6.45, 7) is 7.13. The van der Waals surface area contributed by atoms with Crippen molar-refractivity contribution in [1.82, 2.24) is 9.97 Å². The van der Waals surface area contributed by atoms with Gasteiger partial charge in [0.2, 0.25) is 5.91 Å². The van der Waals surface area contributed by atoms with E-state index < -0.39 is 0 Å². The lowest BCUT2D eigenvalue weighted by molar-refractivity contribution is -0.113. The largest absolute Gasteiger partial charge is 0.378 e. The highest BCUT2D eigenvalue weighted by Crippen LogP contribution is 2.22. The lowest BCUT2D eigenvalue weighted by Crippen LogP contribution is -2.36. The Labute approximate surface area is 152 Å². The van der Waals surface area contributed by atoms with E-state index in [1.807, 2.05) is 38.1 Å². The van der Waals surface area contributed by atoms with E-state index in [9.17, 15) is 4.79 Å². The molecule has 6 nitrogen and oxygen atoms in total. The number of nitrogens with zero attached hydrogens (tertiary/aromatic N) is 3. The van der Waals surface area contributed by atoms with Crippen LogP contribution < -0.4 is 10.2 Å². The molecule has 1 aliphatic rings. The van der Waals surface area contributed by atoms with Crippen LogP contribution in [0.5, 0.6) is 0 Å². The van der Waals surface area contributed by atoms with E-state index in [-0.39, 0.29) is 5.91 Å². The number of carbonyl (C=O) groups is 1. The maximum absolute atomic E-state index is 12.2. The predicted molar refractivity (Wildman–Crippen MR) is 100 cm³/mol. The fraction of sp³-hybridized carbons (Fsp3) is 0.389. The number of hydrogen-bond donors (Lipinski definition) is 1. The number of morpholine rings is 1. The molecule has 0 atom stereocenters. The first-order valence-corrected chi connectivity index (χ1v) is 9.25. The molecule has 132 valence electrons. The number of thioether (sulfide) groups is 1. The lowest BCUT2D eigenvalue weighted by Gasteiger charge is -2.27. The fourth-order valence-corrected chi connectivity index (χ4v) is 3.25. The van der Waals surface area contributed by atoms with E-state index in [1.165, 1.54) is 11.8 Å². The van der Waals surface area contributed by atoms with Gasteiger partial charge in [0.15, 0.2) is 0 Å². The van der Waals surface area contributed by atoms with Gasteiger partial charge < -0.3 is 15.0 Å². The van der Waals surface area contributed by atoms with Crippen LogP contribution in [-0.2, 0) is 9.53 Å². The summed E-state index contributed by atoms with van der Waals surface area (Å²) in [6, 6.07) is 7.84. The van der Waals surface area contributed by atoms with Crippen LogP contribution in [0.3, 0.4) is 0 Å². The van der Waals surface area contributed by atoms with Gasteiger partial charge in [0.05, 0.1) is 19.0 Å². The van der Waals surface area contributed by atoms with Crippen molar-refractivity contribution in [2.45, 2.75) is 18.9 Å². The molecule has 7 heteroatoms. The second-order valence-corrected chi connectivity index (χ2v) is 6.89. The third-order valence-corrected chi connectivity index (χ3v) is 5.12. The van der Waals surface area contributed by atoms with Crippen LogP contribution in [-0.4, -0.2) is 47.9 Å². The summed E-state index contributed by atoms with van der Waals surface area (Å²) in [7, 11) is 0. The van der Waals surface area contributed by atoms with Crippen molar-refractivity contribution in [3.63, 3.8) is 0 Å². The summed E-state index contributed by atoms with van der Waals surface area (Å²) in [5, 5.41) is 3.77. The molecule has 3 rings (SSSR count). The maximum Gasteiger partial charge on any atom is 0.234 e. The van der Waals surface area contributed by atoms with Gasteiger partial charge in [-0.15, -0.1) is 0 Å². The maximum atomic E-state index is 12.2. The van der Waals surface area contributed by atoms with Crippen molar-refractivity contribution in [2.24, 2.45) is 0 Å². The number of rotatable bonds is 5. The highest BCUT2D eigenvalue weighted by atomic mass is 32.2. The molecule has 1 saturated heterocycles. The molecule has 0 saturated carbocycles. The Morgan fingerprint density at radius 1 is 1.28 bits per heavy atom. The van der Waals surface area contributed by atoms with Gasteiger partial charge in [0, 0.05) is 24.8 Å². The summed E-state index contributed by atoms with van der Waals surface area (Å²) >= 11 is 1.41. The highest BCUT2D eigenvalue weighted by Gasteiger charge is 2.14. The van der Waals surface area contributed by atoms with Gasteiger partial charge in [0.25, 0.3) is 0 Å². The Morgan fingerprint density at radius 2 is 2.08 bits per heavy atom. The summed E-state index contributed by atoms with van der Waals surface area (Å²) in [5.74, 6) is 1.16. The number of aromatic nitrogens is 2. The van der Waals surface area contributed by atoms with Crippen LogP contribution in [0.25, 0.3) is 0 Å². The molecule has 0 spiro atoms. The van der Waals surface area contributed by atoms with Gasteiger partial charge in [-0.25, -0.2) is 9.97 Å². The molecular formula is C18H22N4O2S. The first kappa shape index (κ1) is 17.7. The van der Waals surface area contributed by atoms with Crippen molar-refractivity contribution in [3.8, 4) is 0 Å². The highest BCUT2D eigenvalue weighted by molar-refractivity contribution is 7.99. The van der Waals surface area contributed by atoms with Crippen LogP contribution >= 0.6 is 11.8 Å². The molecule has 25 heavy (non-hydrogen) atoms. The van der Waals surface area contributed by atoms with Gasteiger partial charge in [-0.1, -0.05) is 23.9 Å². The van der Waals surface area contributed by atoms with Gasteiger partial charge in [0.1, 0.15) is 17.2 Å². The molecule has 1 N–H and O–H groups in total. The number of benzene rings is 1. The number of carbonyl (C=O) groups excluding carboxylic acids is 1. The molecular weight excluding hydrogens is 336 g/mol. The van der Waals surface area contributed by atoms with E-state index in [2.05, 4.69) is 20.2 Å². The number of nitrogens with one attached hydrogen (secondary N) is 1. The molecule has 0 aliphatic carbocycles. The topological polar surface area (TPSA) is 67.4 Å². The van der Waals surface area contributed by atoms with Crippen molar-refractivity contribution in [1.29, 1.82) is 0 Å². The number of ether oxygens (including phenoxy) is 1. The average Bonchev–Trinajstić information content (AvgIpc) is 2.65. The van der Waals surface area contributed by atoms with E-state index in [1.54, 1.807) is 6.33 Å². The lowest BCUT2D eigenvalue weighted by atomic mass is 10.1. The number of hydrogen-bond acceptors (Lipinski definition) is 6. The van der Waals surface area contributed by atoms with Gasteiger partial charge >= 0.3 is 0 Å². The Balaban J connectivity index is 1.57. The molecule has 1 aromatic heterocycles. The smallest absolute Gasteiger partial charge is 0.234 e. The molecule has 1 amide bonds. The second kappa shape index (κ2) is 8.31. The van der Waals surface area contributed by atoms with Gasteiger partial charge in [-0.2, -0.15) is 0 Å². The molecule has 1 fully saturated rings. The summed E-state index contributed by atoms with van der Waals surface area (Å²) in [4.78, 5) is 23.0. The molecule has 2 heterocycles. The second-order valence-electron chi connectivity index (χ2n) is 5.90. The third-order valence-electron chi connectivity index (χ3n) is 4.19. The van der Waals surface area contributed by atoms with E-state index in [0.29, 0.717) is 19.0 Å². The van der Waals surface area contributed by atoms with Crippen LogP contribution in [0.2, 0.25) is 0 Å². The molecule has 0 unspecified atom stereocenters. The molecule has 1 aliphatic heterocycles. The minimum Gasteiger partial charge on any atom is -0.378 e. The van der Waals surface area contributed by atoms with Crippen LogP contribution in [0, 0.1) is 13.8 Å². The zero-order chi connectivity index (χ0) is 17.6. The first-order chi connectivity index (χ1) is 12.1. The SMILES string of the molecule is Cc1cccc(NC(=O)CSc2cc(N3CCOCC3)ncn2)c1C. The van der Waals surface area contributed by atoms with E-state index in [0.717, 1.165) is 40.7 Å². The van der Waals surface area contributed by atoms with Crippen molar-refractivity contribution in [3.05, 3.63) is 41.7 Å². The molecule has 2 aromatic rings. The zero-order valence-electron chi connectivity index (χ0n) is 14.5. The van der Waals surface area contributed by atoms with Crippen LogP contribution in [0.15, 0.2) is 35.6 Å². The van der Waals surface area contributed by atoms with Crippen LogP contribution in [0.1, 0.15) is 11.1 Å². The number of anilines is 2. The number of aryl methyl sites for hydroxylation is 1. The number of amides is 1. The minimum atomic E-state index is -0.0368. The Kier molecular flexibility index (Phi) is 5.88. The standard InChI is InChI=1S/C18H22N4O2S/c1-13-4-3-5-15(14(13)2)21-17(23)11-25-18-10-16(19-12-20-18)22-6-8-24-9-7-22/h3-5,10,12H,6-9,11H2,1-2H3,(H,21,23). The third kappa shape index (κ3) is 4.70. The Bertz CT molecular complexity index is 748. The summed E-state index contributed by atoms with van der Waals surface area (Å²) < 4.78 is 5.36. The molecule has 0 radical (unpaired) electrons. The average molecular weight is 358 g/mol. The predicted octanol–water partition coefficient (Wildman–Crippen LogP) is 2.66. The normalized spacial score (nSPS) is 14.4. The molecule has 1 aromatic carbocycles. The fourth-order valence-electron chi connectivity index (χ4n) is 2.59.